The first-order valence-corrected chi connectivity index (χ1v) is 10.2. The molecule has 0 spiro atoms. The molecule has 1 aromatic carbocycles. The van der Waals surface area contributed by atoms with E-state index in [0.29, 0.717) is 18.7 Å². The minimum atomic E-state index is -1.51. The van der Waals surface area contributed by atoms with E-state index in [4.69, 9.17) is 9.84 Å². The number of hydrogen-bond acceptors (Lipinski definition) is 8. The SMILES string of the molecule is CC(=O)c1c(O)c(C)c(O)c2c1OC1=CC(=O)/C(=C(/C)NCCCCCO)C(=O)[C@@]12C. The van der Waals surface area contributed by atoms with Crippen LogP contribution in [0.4, 0.5) is 0 Å². The number of allylic oxidation sites excluding steroid dienone is 4. The normalized spacial score (nSPS) is 21.3. The minimum Gasteiger partial charge on any atom is -0.507 e. The van der Waals surface area contributed by atoms with Crippen LogP contribution in [0.5, 0.6) is 17.2 Å². The fourth-order valence-corrected chi connectivity index (χ4v) is 4.14. The summed E-state index contributed by atoms with van der Waals surface area (Å²) in [6.45, 7) is 6.51. The lowest BCUT2D eigenvalue weighted by Crippen LogP contribution is -2.41. The van der Waals surface area contributed by atoms with Crippen LogP contribution < -0.4 is 10.1 Å². The van der Waals surface area contributed by atoms with Gasteiger partial charge in [0, 0.05) is 30.5 Å². The average molecular weight is 429 g/mol. The van der Waals surface area contributed by atoms with Crippen LogP contribution in [0.3, 0.4) is 0 Å². The van der Waals surface area contributed by atoms with Crippen molar-refractivity contribution in [3.05, 3.63) is 39.8 Å². The van der Waals surface area contributed by atoms with Gasteiger partial charge in [-0.3, -0.25) is 14.4 Å². The van der Waals surface area contributed by atoms with Crippen molar-refractivity contribution < 1.29 is 34.4 Å². The molecule has 1 heterocycles. The third-order valence-electron chi connectivity index (χ3n) is 5.98. The number of aromatic hydroxyl groups is 2. The van der Waals surface area contributed by atoms with Crippen molar-refractivity contribution >= 4 is 17.3 Å². The highest BCUT2D eigenvalue weighted by Gasteiger charge is 2.56. The highest BCUT2D eigenvalue weighted by Crippen LogP contribution is 2.57. The molecular weight excluding hydrogens is 402 g/mol. The maximum Gasteiger partial charge on any atom is 0.194 e. The Labute approximate surface area is 180 Å². The number of carbonyl (C=O) groups is 3. The summed E-state index contributed by atoms with van der Waals surface area (Å²) in [7, 11) is 0. The van der Waals surface area contributed by atoms with E-state index in [-0.39, 0.29) is 46.1 Å². The van der Waals surface area contributed by atoms with Crippen molar-refractivity contribution in [3.63, 3.8) is 0 Å². The van der Waals surface area contributed by atoms with Crippen molar-refractivity contribution in [2.75, 3.05) is 13.2 Å². The number of carbonyl (C=O) groups excluding carboxylic acids is 3. The fraction of sp³-hybridized carbons (Fsp3) is 0.435. The molecule has 1 atom stereocenters. The molecule has 0 radical (unpaired) electrons. The van der Waals surface area contributed by atoms with Gasteiger partial charge < -0.3 is 25.4 Å². The van der Waals surface area contributed by atoms with Gasteiger partial charge in [0.15, 0.2) is 17.3 Å². The number of ether oxygens (including phenoxy) is 1. The van der Waals surface area contributed by atoms with Crippen LogP contribution in [-0.2, 0) is 15.0 Å². The Balaban J connectivity index is 2.10. The smallest absolute Gasteiger partial charge is 0.194 e. The van der Waals surface area contributed by atoms with E-state index >= 15 is 0 Å². The van der Waals surface area contributed by atoms with Crippen molar-refractivity contribution in [1.29, 1.82) is 0 Å². The van der Waals surface area contributed by atoms with Crippen LogP contribution in [0.1, 0.15) is 61.5 Å². The van der Waals surface area contributed by atoms with Gasteiger partial charge >= 0.3 is 0 Å². The Morgan fingerprint density at radius 2 is 1.81 bits per heavy atom. The molecule has 8 nitrogen and oxygen atoms in total. The van der Waals surface area contributed by atoms with Gasteiger partial charge in [-0.15, -0.1) is 0 Å². The molecule has 166 valence electrons. The van der Waals surface area contributed by atoms with E-state index in [0.717, 1.165) is 12.8 Å². The number of rotatable bonds is 7. The van der Waals surface area contributed by atoms with Crippen molar-refractivity contribution in [2.45, 2.75) is 52.4 Å². The second-order valence-corrected chi connectivity index (χ2v) is 8.10. The van der Waals surface area contributed by atoms with Crippen LogP contribution in [0.2, 0.25) is 0 Å². The monoisotopic (exact) mass is 429 g/mol. The van der Waals surface area contributed by atoms with Crippen LogP contribution in [-0.4, -0.2) is 45.8 Å². The summed E-state index contributed by atoms with van der Waals surface area (Å²) < 4.78 is 5.73. The molecule has 0 unspecified atom stereocenters. The first-order chi connectivity index (χ1) is 14.6. The van der Waals surface area contributed by atoms with Crippen molar-refractivity contribution in [3.8, 4) is 17.2 Å². The summed E-state index contributed by atoms with van der Waals surface area (Å²) >= 11 is 0. The second-order valence-electron chi connectivity index (χ2n) is 8.10. The molecule has 0 aromatic heterocycles. The number of nitrogens with one attached hydrogen (secondary N) is 1. The van der Waals surface area contributed by atoms with Crippen LogP contribution in [0.25, 0.3) is 0 Å². The lowest BCUT2D eigenvalue weighted by atomic mass is 9.70. The zero-order valence-electron chi connectivity index (χ0n) is 18.1. The zero-order valence-corrected chi connectivity index (χ0v) is 18.1. The molecule has 1 aliphatic heterocycles. The van der Waals surface area contributed by atoms with Gasteiger partial charge in [0.05, 0.1) is 11.1 Å². The maximum absolute atomic E-state index is 13.6. The van der Waals surface area contributed by atoms with Gasteiger partial charge in [0.2, 0.25) is 0 Å². The van der Waals surface area contributed by atoms with Gasteiger partial charge in [0.1, 0.15) is 34.0 Å². The van der Waals surface area contributed by atoms with E-state index < -0.39 is 28.5 Å². The fourth-order valence-electron chi connectivity index (χ4n) is 4.14. The predicted molar refractivity (Wildman–Crippen MR) is 112 cm³/mol. The summed E-state index contributed by atoms with van der Waals surface area (Å²) in [6, 6.07) is 0. The molecule has 0 amide bonds. The molecule has 0 saturated carbocycles. The standard InChI is InChI=1S/C23H27NO7/c1-11-19(28)17(13(3)26)21-18(20(11)29)23(4)15(31-21)10-14(27)16(22(23)30)12(2)24-8-6-5-7-9-25/h10,24-25,28-29H,5-9H2,1-4H3/b16-12+/t23-/m0/s1. The molecule has 0 saturated heterocycles. The van der Waals surface area contributed by atoms with Gasteiger partial charge in [-0.2, -0.15) is 0 Å². The summed E-state index contributed by atoms with van der Waals surface area (Å²) in [6.07, 6.45) is 3.45. The van der Waals surface area contributed by atoms with E-state index in [1.54, 1.807) is 6.92 Å². The summed E-state index contributed by atoms with van der Waals surface area (Å²) in [5.41, 5.74) is -1.14. The van der Waals surface area contributed by atoms with Gasteiger partial charge in [-0.25, -0.2) is 0 Å². The minimum absolute atomic E-state index is 0.0137. The molecule has 0 bridgehead atoms. The molecule has 3 rings (SSSR count). The van der Waals surface area contributed by atoms with E-state index in [2.05, 4.69) is 5.32 Å². The number of Topliss-reactive ketones (excluding diaryl/α,β-unsaturated/α-hetero) is 2. The average Bonchev–Trinajstić information content (AvgIpc) is 2.99. The number of phenolic OH excluding ortho intramolecular Hbond substituents is 2. The molecule has 31 heavy (non-hydrogen) atoms. The Bertz CT molecular complexity index is 1050. The molecule has 2 aliphatic rings. The number of ketones is 3. The number of fused-ring (bicyclic) bond motifs is 3. The first-order valence-electron chi connectivity index (χ1n) is 10.2. The van der Waals surface area contributed by atoms with Gasteiger partial charge in [-0.05, 0) is 47.0 Å². The van der Waals surface area contributed by atoms with Crippen LogP contribution in [0, 0.1) is 6.92 Å². The number of unbranched alkanes of at least 4 members (excludes halogenated alkanes) is 2. The molecule has 4 N–H and O–H groups in total. The predicted octanol–water partition coefficient (Wildman–Crippen LogP) is 2.32. The lowest BCUT2D eigenvalue weighted by Gasteiger charge is -2.29. The van der Waals surface area contributed by atoms with Crippen molar-refractivity contribution in [1.82, 2.24) is 5.32 Å². The number of benzene rings is 1. The summed E-state index contributed by atoms with van der Waals surface area (Å²) in [4.78, 5) is 38.5. The Kier molecular flexibility index (Phi) is 5.96. The topological polar surface area (TPSA) is 133 Å². The van der Waals surface area contributed by atoms with E-state index in [1.165, 1.54) is 26.8 Å². The molecule has 8 heteroatoms. The number of hydrogen-bond donors (Lipinski definition) is 4. The largest absolute Gasteiger partial charge is 0.507 e. The molecule has 1 aliphatic carbocycles. The highest BCUT2D eigenvalue weighted by molar-refractivity contribution is 6.31. The first kappa shape index (κ1) is 22.6. The third kappa shape index (κ3) is 3.40. The molecule has 1 aromatic rings. The number of aliphatic hydroxyl groups is 1. The molecule has 0 fully saturated rings. The second kappa shape index (κ2) is 8.19. The number of phenols is 2. The zero-order chi connectivity index (χ0) is 23.1. The van der Waals surface area contributed by atoms with Gasteiger partial charge in [0.25, 0.3) is 0 Å². The Morgan fingerprint density at radius 1 is 1.13 bits per heavy atom. The van der Waals surface area contributed by atoms with E-state index in [9.17, 15) is 24.6 Å². The Hall–Kier alpha value is -3.13. The quantitative estimate of drug-likeness (QED) is 0.225. The van der Waals surface area contributed by atoms with Crippen LogP contribution >= 0.6 is 0 Å². The highest BCUT2D eigenvalue weighted by atomic mass is 16.5. The Morgan fingerprint density at radius 3 is 2.42 bits per heavy atom. The summed E-state index contributed by atoms with van der Waals surface area (Å²) in [5, 5.41) is 33.1. The number of aliphatic hydroxyl groups excluding tert-OH is 1. The lowest BCUT2D eigenvalue weighted by molar-refractivity contribution is -0.123. The molecular formula is C23H27NO7. The maximum atomic E-state index is 13.6. The van der Waals surface area contributed by atoms with E-state index in [1.807, 2.05) is 0 Å². The van der Waals surface area contributed by atoms with Crippen molar-refractivity contribution in [2.24, 2.45) is 0 Å². The van der Waals surface area contributed by atoms with Crippen LogP contribution in [0.15, 0.2) is 23.1 Å². The third-order valence-corrected chi connectivity index (χ3v) is 5.98. The van der Waals surface area contributed by atoms with Gasteiger partial charge in [-0.1, -0.05) is 0 Å². The summed E-state index contributed by atoms with van der Waals surface area (Å²) in [5.74, 6) is -2.42.